The predicted molar refractivity (Wildman–Crippen MR) is 119 cm³/mol. The Morgan fingerprint density at radius 2 is 2.03 bits per heavy atom. The first-order valence-corrected chi connectivity index (χ1v) is 11.2. The van der Waals surface area contributed by atoms with Crippen LogP contribution in [0.25, 0.3) is 5.69 Å². The van der Waals surface area contributed by atoms with E-state index in [-0.39, 0.29) is 6.10 Å². The number of hydrogen-bond donors (Lipinski definition) is 1. The van der Waals surface area contributed by atoms with E-state index in [1.54, 1.807) is 13.3 Å². The molecule has 0 saturated carbocycles. The van der Waals surface area contributed by atoms with Gasteiger partial charge in [0.05, 0.1) is 50.1 Å². The second-order valence-corrected chi connectivity index (χ2v) is 9.13. The lowest BCUT2D eigenvalue weighted by molar-refractivity contribution is -0.0689. The van der Waals surface area contributed by atoms with Gasteiger partial charge in [0, 0.05) is 43.6 Å². The van der Waals surface area contributed by atoms with Gasteiger partial charge >= 0.3 is 0 Å². The molecule has 1 atom stereocenters. The van der Waals surface area contributed by atoms with E-state index in [1.807, 2.05) is 31.5 Å². The summed E-state index contributed by atoms with van der Waals surface area (Å²) in [5.74, 6) is 1.24. The third kappa shape index (κ3) is 5.40. The Labute approximate surface area is 189 Å². The fourth-order valence-corrected chi connectivity index (χ4v) is 4.37. The van der Waals surface area contributed by atoms with Crippen LogP contribution >= 0.6 is 0 Å². The number of fused-ring (bicyclic) bond motifs is 1. The maximum Gasteiger partial charge on any atom is 0.236 e. The Bertz CT molecular complexity index is 924. The van der Waals surface area contributed by atoms with E-state index >= 15 is 0 Å². The van der Waals surface area contributed by atoms with Crippen molar-refractivity contribution < 1.29 is 24.1 Å². The lowest BCUT2D eigenvalue weighted by atomic mass is 10.1. The SMILES string of the molecule is COc1ncc(-n2nc(OC[C@@H]3CN(CC(C)(C)O)CCO3)c3c2CCOCC3)cc1C. The van der Waals surface area contributed by atoms with E-state index in [4.69, 9.17) is 24.0 Å². The van der Waals surface area contributed by atoms with Gasteiger partial charge in [-0.2, -0.15) is 0 Å². The van der Waals surface area contributed by atoms with Crippen LogP contribution in [0.3, 0.4) is 0 Å². The number of hydrogen-bond acceptors (Lipinski definition) is 8. The molecule has 176 valence electrons. The highest BCUT2D eigenvalue weighted by Gasteiger charge is 2.27. The molecular weight excluding hydrogens is 412 g/mol. The van der Waals surface area contributed by atoms with E-state index in [9.17, 15) is 5.11 Å². The molecule has 0 bridgehead atoms. The summed E-state index contributed by atoms with van der Waals surface area (Å²) in [5, 5.41) is 14.9. The molecule has 9 nitrogen and oxygen atoms in total. The smallest absolute Gasteiger partial charge is 0.236 e. The van der Waals surface area contributed by atoms with Gasteiger partial charge in [-0.15, -0.1) is 5.10 Å². The summed E-state index contributed by atoms with van der Waals surface area (Å²) in [4.78, 5) is 6.63. The molecule has 0 unspecified atom stereocenters. The van der Waals surface area contributed by atoms with Gasteiger partial charge in [0.25, 0.3) is 0 Å². The number of aliphatic hydroxyl groups is 1. The second-order valence-electron chi connectivity index (χ2n) is 9.13. The van der Waals surface area contributed by atoms with Gasteiger partial charge in [-0.1, -0.05) is 0 Å². The molecule has 1 N–H and O–H groups in total. The van der Waals surface area contributed by atoms with Gasteiger partial charge < -0.3 is 24.1 Å². The molecule has 4 heterocycles. The standard InChI is InChI=1S/C23H34N4O5/c1-16-11-17(12-24-21(16)29-4)27-20-6-9-30-8-5-19(20)22(25-27)32-14-18-13-26(7-10-31-18)15-23(2,3)28/h11-12,18,28H,5-10,13-15H2,1-4H3/t18-/m0/s1. The number of aromatic nitrogens is 3. The van der Waals surface area contributed by atoms with Gasteiger partial charge in [-0.3, -0.25) is 4.90 Å². The molecule has 1 fully saturated rings. The monoisotopic (exact) mass is 446 g/mol. The summed E-state index contributed by atoms with van der Waals surface area (Å²) in [5.41, 5.74) is 3.27. The lowest BCUT2D eigenvalue weighted by Gasteiger charge is -2.35. The molecule has 4 rings (SSSR count). The first kappa shape index (κ1) is 23.0. The predicted octanol–water partition coefficient (Wildman–Crippen LogP) is 1.55. The van der Waals surface area contributed by atoms with Crippen molar-refractivity contribution in [3.63, 3.8) is 0 Å². The molecule has 9 heteroatoms. The molecule has 1 saturated heterocycles. The number of β-amino-alcohol motifs (C(OH)–C–C–N with tert-alkyl or cyclic N) is 1. The molecule has 2 aromatic rings. The van der Waals surface area contributed by atoms with Crippen LogP contribution in [0, 0.1) is 6.92 Å². The summed E-state index contributed by atoms with van der Waals surface area (Å²) in [7, 11) is 1.62. The van der Waals surface area contributed by atoms with Crippen molar-refractivity contribution in [3.8, 4) is 17.4 Å². The molecule has 0 aliphatic carbocycles. The summed E-state index contributed by atoms with van der Waals surface area (Å²) in [6, 6.07) is 2.02. The van der Waals surface area contributed by atoms with Crippen LogP contribution < -0.4 is 9.47 Å². The van der Waals surface area contributed by atoms with Crippen LogP contribution in [0.4, 0.5) is 0 Å². The minimum absolute atomic E-state index is 0.0705. The zero-order valence-corrected chi connectivity index (χ0v) is 19.5. The summed E-state index contributed by atoms with van der Waals surface area (Å²) < 4.78 is 25.0. The molecule has 0 radical (unpaired) electrons. The number of ether oxygens (including phenoxy) is 4. The maximum absolute atomic E-state index is 10.1. The minimum atomic E-state index is -0.733. The number of pyridine rings is 1. The number of morpholine rings is 1. The van der Waals surface area contributed by atoms with Crippen LogP contribution in [0.2, 0.25) is 0 Å². The Balaban J connectivity index is 1.52. The lowest BCUT2D eigenvalue weighted by Crippen LogP contribution is -2.49. The van der Waals surface area contributed by atoms with Gasteiger partial charge in [-0.05, 0) is 26.8 Å². The van der Waals surface area contributed by atoms with Gasteiger partial charge in [0.1, 0.15) is 12.7 Å². The Morgan fingerprint density at radius 3 is 2.78 bits per heavy atom. The zero-order valence-electron chi connectivity index (χ0n) is 19.5. The van der Waals surface area contributed by atoms with Crippen LogP contribution in [0.1, 0.15) is 30.7 Å². The third-order valence-corrected chi connectivity index (χ3v) is 5.73. The Kier molecular flexibility index (Phi) is 6.99. The van der Waals surface area contributed by atoms with Crippen LogP contribution in [-0.2, 0) is 22.3 Å². The van der Waals surface area contributed by atoms with Gasteiger partial charge in [0.15, 0.2) is 0 Å². The quantitative estimate of drug-likeness (QED) is 0.685. The number of nitrogens with zero attached hydrogens (tertiary/aromatic N) is 4. The van der Waals surface area contributed by atoms with Crippen molar-refractivity contribution in [1.82, 2.24) is 19.7 Å². The van der Waals surface area contributed by atoms with Crippen LogP contribution in [0.5, 0.6) is 11.8 Å². The normalized spacial score (nSPS) is 20.0. The summed E-state index contributed by atoms with van der Waals surface area (Å²) in [6.07, 6.45) is 3.21. The molecular formula is C23H34N4O5. The fraction of sp³-hybridized carbons (Fsp3) is 0.652. The minimum Gasteiger partial charge on any atom is -0.481 e. The third-order valence-electron chi connectivity index (χ3n) is 5.73. The average molecular weight is 447 g/mol. The molecule has 2 aliphatic rings. The molecule has 0 spiro atoms. The first-order chi connectivity index (χ1) is 15.3. The van der Waals surface area contributed by atoms with Crippen molar-refractivity contribution in [2.75, 3.05) is 53.2 Å². The Morgan fingerprint density at radius 1 is 1.22 bits per heavy atom. The number of rotatable bonds is 7. The molecule has 2 aliphatic heterocycles. The van der Waals surface area contributed by atoms with Crippen molar-refractivity contribution in [1.29, 1.82) is 0 Å². The van der Waals surface area contributed by atoms with E-state index in [1.165, 1.54) is 0 Å². The van der Waals surface area contributed by atoms with E-state index in [0.29, 0.717) is 44.7 Å². The van der Waals surface area contributed by atoms with Crippen LogP contribution in [0.15, 0.2) is 12.3 Å². The van der Waals surface area contributed by atoms with E-state index in [2.05, 4.69) is 9.88 Å². The van der Waals surface area contributed by atoms with Crippen molar-refractivity contribution in [3.05, 3.63) is 29.1 Å². The fourth-order valence-electron chi connectivity index (χ4n) is 4.37. The van der Waals surface area contributed by atoms with Crippen molar-refractivity contribution >= 4 is 0 Å². The first-order valence-electron chi connectivity index (χ1n) is 11.2. The van der Waals surface area contributed by atoms with Crippen molar-refractivity contribution in [2.24, 2.45) is 0 Å². The molecule has 32 heavy (non-hydrogen) atoms. The largest absolute Gasteiger partial charge is 0.481 e. The molecule has 0 aromatic carbocycles. The highest BCUT2D eigenvalue weighted by Crippen LogP contribution is 2.29. The highest BCUT2D eigenvalue weighted by molar-refractivity contribution is 5.43. The number of aryl methyl sites for hydroxylation is 1. The van der Waals surface area contributed by atoms with E-state index < -0.39 is 5.60 Å². The van der Waals surface area contributed by atoms with E-state index in [0.717, 1.165) is 48.4 Å². The number of methoxy groups -OCH3 is 1. The summed E-state index contributed by atoms with van der Waals surface area (Å²) in [6.45, 7) is 10.1. The Hall–Kier alpha value is -2.20. The zero-order chi connectivity index (χ0) is 22.7. The van der Waals surface area contributed by atoms with Gasteiger partial charge in [-0.25, -0.2) is 9.67 Å². The van der Waals surface area contributed by atoms with Gasteiger partial charge in [0.2, 0.25) is 11.8 Å². The molecule has 2 aromatic heterocycles. The van der Waals surface area contributed by atoms with Crippen molar-refractivity contribution in [2.45, 2.75) is 45.3 Å². The topological polar surface area (TPSA) is 91.1 Å². The van der Waals surface area contributed by atoms with Crippen LogP contribution in [-0.4, -0.2) is 89.6 Å². The highest BCUT2D eigenvalue weighted by atomic mass is 16.5. The second kappa shape index (κ2) is 9.74. The summed E-state index contributed by atoms with van der Waals surface area (Å²) >= 11 is 0. The molecule has 0 amide bonds. The average Bonchev–Trinajstić information content (AvgIpc) is 2.91. The maximum atomic E-state index is 10.1.